The number of nitrogens with one attached hydrogen (secondary N) is 2. The standard InChI is InChI=1S/C20H24N2O/c1-21-14-19(23)22-20(16-9-3-2-4-10-16)18-13-7-11-15-8-5-6-12-17(15)18/h2-6,8-10,12,18,20-21H,7,11,13-14H2,1H3,(H,22,23). The summed E-state index contributed by atoms with van der Waals surface area (Å²) in [5, 5.41) is 6.18. The lowest BCUT2D eigenvalue weighted by atomic mass is 9.76. The van der Waals surface area contributed by atoms with Crippen LogP contribution in [0.1, 0.15) is 41.5 Å². The van der Waals surface area contributed by atoms with Gasteiger partial charge in [0, 0.05) is 5.92 Å². The van der Waals surface area contributed by atoms with E-state index in [2.05, 4.69) is 47.0 Å². The summed E-state index contributed by atoms with van der Waals surface area (Å²) >= 11 is 0. The summed E-state index contributed by atoms with van der Waals surface area (Å²) < 4.78 is 0. The average molecular weight is 308 g/mol. The van der Waals surface area contributed by atoms with Crippen molar-refractivity contribution in [1.82, 2.24) is 10.6 Å². The largest absolute Gasteiger partial charge is 0.348 e. The van der Waals surface area contributed by atoms with Gasteiger partial charge in [0.1, 0.15) is 0 Å². The Bertz CT molecular complexity index is 654. The van der Waals surface area contributed by atoms with E-state index in [0.29, 0.717) is 12.5 Å². The molecule has 0 heterocycles. The van der Waals surface area contributed by atoms with Crippen molar-refractivity contribution in [2.75, 3.05) is 13.6 Å². The van der Waals surface area contributed by atoms with E-state index in [-0.39, 0.29) is 11.9 Å². The molecule has 0 spiro atoms. The normalized spacial score (nSPS) is 18.0. The van der Waals surface area contributed by atoms with Crippen LogP contribution in [0, 0.1) is 0 Å². The van der Waals surface area contributed by atoms with Gasteiger partial charge in [0.2, 0.25) is 5.91 Å². The molecule has 1 amide bonds. The zero-order valence-electron chi connectivity index (χ0n) is 13.6. The number of benzene rings is 2. The van der Waals surface area contributed by atoms with Gasteiger partial charge in [0.25, 0.3) is 0 Å². The van der Waals surface area contributed by atoms with Gasteiger partial charge < -0.3 is 10.6 Å². The summed E-state index contributed by atoms with van der Waals surface area (Å²) in [6, 6.07) is 19.0. The van der Waals surface area contributed by atoms with Crippen LogP contribution in [-0.4, -0.2) is 19.5 Å². The minimum Gasteiger partial charge on any atom is -0.348 e. The van der Waals surface area contributed by atoms with Crippen LogP contribution >= 0.6 is 0 Å². The van der Waals surface area contributed by atoms with E-state index in [1.54, 1.807) is 7.05 Å². The first-order chi connectivity index (χ1) is 11.3. The maximum absolute atomic E-state index is 12.2. The maximum atomic E-state index is 12.2. The summed E-state index contributed by atoms with van der Waals surface area (Å²) in [6.07, 6.45) is 3.42. The third-order valence-corrected chi connectivity index (χ3v) is 4.63. The number of hydrogen-bond donors (Lipinski definition) is 2. The molecular weight excluding hydrogens is 284 g/mol. The molecule has 1 aliphatic carbocycles. The molecule has 0 fully saturated rings. The molecule has 0 saturated carbocycles. The number of rotatable bonds is 5. The van der Waals surface area contributed by atoms with E-state index in [1.165, 1.54) is 23.1 Å². The molecule has 0 aromatic heterocycles. The summed E-state index contributed by atoms with van der Waals surface area (Å²) in [5.74, 6) is 0.382. The molecule has 2 unspecified atom stereocenters. The van der Waals surface area contributed by atoms with Crippen LogP contribution < -0.4 is 10.6 Å². The predicted octanol–water partition coefficient (Wildman–Crippen LogP) is 3.18. The lowest BCUT2D eigenvalue weighted by molar-refractivity contribution is -0.121. The zero-order valence-corrected chi connectivity index (χ0v) is 13.6. The van der Waals surface area contributed by atoms with Crippen molar-refractivity contribution >= 4 is 5.91 Å². The fourth-order valence-electron chi connectivity index (χ4n) is 3.60. The monoisotopic (exact) mass is 308 g/mol. The van der Waals surface area contributed by atoms with Crippen molar-refractivity contribution < 1.29 is 4.79 Å². The Morgan fingerprint density at radius 1 is 1.13 bits per heavy atom. The van der Waals surface area contributed by atoms with Gasteiger partial charge in [-0.15, -0.1) is 0 Å². The van der Waals surface area contributed by atoms with Crippen LogP contribution in [-0.2, 0) is 11.2 Å². The van der Waals surface area contributed by atoms with Crippen LogP contribution in [0.15, 0.2) is 54.6 Å². The van der Waals surface area contributed by atoms with Crippen molar-refractivity contribution in [3.05, 3.63) is 71.3 Å². The molecule has 0 bridgehead atoms. The van der Waals surface area contributed by atoms with Gasteiger partial charge in [-0.25, -0.2) is 0 Å². The Morgan fingerprint density at radius 3 is 2.65 bits per heavy atom. The molecule has 0 aliphatic heterocycles. The lowest BCUT2D eigenvalue weighted by Gasteiger charge is -2.33. The van der Waals surface area contributed by atoms with Crippen molar-refractivity contribution in [2.45, 2.75) is 31.2 Å². The van der Waals surface area contributed by atoms with Gasteiger partial charge in [-0.1, -0.05) is 54.6 Å². The molecule has 3 nitrogen and oxygen atoms in total. The van der Waals surface area contributed by atoms with Gasteiger partial charge in [0.15, 0.2) is 0 Å². The smallest absolute Gasteiger partial charge is 0.234 e. The summed E-state index contributed by atoms with van der Waals surface area (Å²) in [4.78, 5) is 12.2. The molecule has 23 heavy (non-hydrogen) atoms. The zero-order chi connectivity index (χ0) is 16.1. The van der Waals surface area contributed by atoms with Crippen molar-refractivity contribution in [3.63, 3.8) is 0 Å². The molecule has 0 saturated heterocycles. The Labute approximate surface area is 138 Å². The number of fused-ring (bicyclic) bond motifs is 1. The van der Waals surface area contributed by atoms with Gasteiger partial charge in [-0.3, -0.25) is 4.79 Å². The molecule has 2 aromatic carbocycles. The van der Waals surface area contributed by atoms with Gasteiger partial charge in [-0.05, 0) is 43.0 Å². The van der Waals surface area contributed by atoms with E-state index in [1.807, 2.05) is 18.2 Å². The average Bonchev–Trinajstić information content (AvgIpc) is 2.60. The number of likely N-dealkylation sites (N-methyl/N-ethyl adjacent to an activating group) is 1. The summed E-state index contributed by atoms with van der Waals surface area (Å²) in [5.41, 5.74) is 3.99. The molecule has 2 atom stereocenters. The van der Waals surface area contributed by atoms with E-state index >= 15 is 0 Å². The van der Waals surface area contributed by atoms with E-state index in [9.17, 15) is 4.79 Å². The van der Waals surface area contributed by atoms with Crippen LogP contribution in [0.4, 0.5) is 0 Å². The molecule has 0 radical (unpaired) electrons. The second kappa shape index (κ2) is 7.42. The first-order valence-electron chi connectivity index (χ1n) is 8.36. The minimum absolute atomic E-state index is 0.0264. The topological polar surface area (TPSA) is 41.1 Å². The fraction of sp³-hybridized carbons (Fsp3) is 0.350. The SMILES string of the molecule is CNCC(=O)NC(c1ccccc1)C1CCCc2ccccc21. The molecule has 3 rings (SSSR count). The number of carbonyl (C=O) groups excluding carboxylic acids is 1. The van der Waals surface area contributed by atoms with Crippen LogP contribution in [0.5, 0.6) is 0 Å². The van der Waals surface area contributed by atoms with Crippen molar-refractivity contribution in [3.8, 4) is 0 Å². The fourth-order valence-corrected chi connectivity index (χ4v) is 3.60. The maximum Gasteiger partial charge on any atom is 0.234 e. The predicted molar refractivity (Wildman–Crippen MR) is 93.4 cm³/mol. The van der Waals surface area contributed by atoms with E-state index in [0.717, 1.165) is 12.8 Å². The van der Waals surface area contributed by atoms with Crippen LogP contribution in [0.3, 0.4) is 0 Å². The number of aryl methyl sites for hydroxylation is 1. The molecule has 120 valence electrons. The van der Waals surface area contributed by atoms with E-state index < -0.39 is 0 Å². The van der Waals surface area contributed by atoms with Crippen LogP contribution in [0.25, 0.3) is 0 Å². The second-order valence-electron chi connectivity index (χ2n) is 6.18. The highest BCUT2D eigenvalue weighted by molar-refractivity contribution is 5.78. The Hall–Kier alpha value is -2.13. The van der Waals surface area contributed by atoms with Crippen molar-refractivity contribution in [2.24, 2.45) is 0 Å². The van der Waals surface area contributed by atoms with Gasteiger partial charge in [0.05, 0.1) is 12.6 Å². The molecule has 2 N–H and O–H groups in total. The van der Waals surface area contributed by atoms with Gasteiger partial charge in [-0.2, -0.15) is 0 Å². The highest BCUT2D eigenvalue weighted by Crippen LogP contribution is 2.40. The Balaban J connectivity index is 1.94. The van der Waals surface area contributed by atoms with Crippen LogP contribution in [0.2, 0.25) is 0 Å². The quantitative estimate of drug-likeness (QED) is 0.890. The van der Waals surface area contributed by atoms with Crippen molar-refractivity contribution in [1.29, 1.82) is 0 Å². The first-order valence-corrected chi connectivity index (χ1v) is 8.36. The lowest BCUT2D eigenvalue weighted by Crippen LogP contribution is -2.38. The number of amides is 1. The minimum atomic E-state index is 0.0264. The highest BCUT2D eigenvalue weighted by atomic mass is 16.1. The molecular formula is C20H24N2O. The first kappa shape index (κ1) is 15.8. The second-order valence-corrected chi connectivity index (χ2v) is 6.18. The summed E-state index contributed by atoms with van der Waals surface area (Å²) in [6.45, 7) is 0.345. The number of carbonyl (C=O) groups is 1. The van der Waals surface area contributed by atoms with E-state index in [4.69, 9.17) is 0 Å². The molecule has 2 aromatic rings. The Morgan fingerprint density at radius 2 is 1.87 bits per heavy atom. The highest BCUT2D eigenvalue weighted by Gasteiger charge is 2.29. The summed E-state index contributed by atoms with van der Waals surface area (Å²) in [7, 11) is 1.80. The van der Waals surface area contributed by atoms with Gasteiger partial charge >= 0.3 is 0 Å². The third kappa shape index (κ3) is 3.62. The number of hydrogen-bond acceptors (Lipinski definition) is 2. The molecule has 1 aliphatic rings. The Kier molecular flexibility index (Phi) is 5.09. The third-order valence-electron chi connectivity index (χ3n) is 4.63. The molecule has 3 heteroatoms.